The maximum atomic E-state index is 14.5. The number of pyridine rings is 1. The Hall–Kier alpha value is -6.14. The van der Waals surface area contributed by atoms with Crippen molar-refractivity contribution in [3.63, 3.8) is 0 Å². The summed E-state index contributed by atoms with van der Waals surface area (Å²) >= 11 is 0. The Balaban J connectivity index is 1.35. The highest BCUT2D eigenvalue weighted by Gasteiger charge is 2.32. The number of carbonyl (C=O) groups is 1. The molecule has 6 heteroatoms. The lowest BCUT2D eigenvalue weighted by Gasteiger charge is -2.33. The van der Waals surface area contributed by atoms with Crippen molar-refractivity contribution in [3.05, 3.63) is 138 Å². The van der Waals surface area contributed by atoms with Crippen LogP contribution in [0.25, 0.3) is 44.1 Å². The molecule has 1 aromatic heterocycles. The van der Waals surface area contributed by atoms with E-state index in [9.17, 15) is 9.90 Å². The summed E-state index contributed by atoms with van der Waals surface area (Å²) in [7, 11) is 1.63. The van der Waals surface area contributed by atoms with Gasteiger partial charge in [-0.3, -0.25) is 4.79 Å². The van der Waals surface area contributed by atoms with Crippen molar-refractivity contribution in [2.24, 2.45) is 5.41 Å². The molecule has 0 radical (unpaired) electrons. The minimum atomic E-state index is -0.103. The van der Waals surface area contributed by atoms with E-state index in [4.69, 9.17) is 14.5 Å². The van der Waals surface area contributed by atoms with Crippen LogP contribution in [0, 0.1) is 5.41 Å². The van der Waals surface area contributed by atoms with Gasteiger partial charge in [0.25, 0.3) is 0 Å². The minimum Gasteiger partial charge on any atom is -0.507 e. The third-order valence-corrected chi connectivity index (χ3v) is 10.1. The van der Waals surface area contributed by atoms with E-state index in [-0.39, 0.29) is 22.4 Å². The predicted octanol–water partition coefficient (Wildman–Crippen LogP) is 12.2. The van der Waals surface area contributed by atoms with Crippen molar-refractivity contribution < 1.29 is 19.4 Å². The minimum absolute atomic E-state index is 0.0292. The van der Waals surface area contributed by atoms with E-state index < -0.39 is 0 Å². The summed E-state index contributed by atoms with van der Waals surface area (Å²) in [6.45, 7) is 11.4. The molecule has 7 aromatic rings. The first-order chi connectivity index (χ1) is 25.4. The summed E-state index contributed by atoms with van der Waals surface area (Å²) in [5.41, 5.74) is 7.21. The van der Waals surface area contributed by atoms with Gasteiger partial charge in [-0.15, -0.1) is 0 Å². The summed E-state index contributed by atoms with van der Waals surface area (Å²) in [5.74, 6) is 1.88. The number of nitrogens with zero attached hydrogens (tertiary/aromatic N) is 1. The number of phenolic OH excluding ortho intramolecular Hbond substituents is 1. The van der Waals surface area contributed by atoms with Crippen LogP contribution in [-0.2, 0) is 5.41 Å². The van der Waals surface area contributed by atoms with Crippen molar-refractivity contribution in [1.82, 2.24) is 4.98 Å². The van der Waals surface area contributed by atoms with E-state index in [0.717, 1.165) is 39.8 Å². The Morgan fingerprint density at radius 1 is 0.698 bits per heavy atom. The van der Waals surface area contributed by atoms with Gasteiger partial charge in [0, 0.05) is 28.3 Å². The number of phenols is 1. The first kappa shape index (κ1) is 34.0. The number of fused-ring (bicyclic) bond motifs is 3. The molecule has 53 heavy (non-hydrogen) atoms. The van der Waals surface area contributed by atoms with Gasteiger partial charge in [0.15, 0.2) is 11.5 Å². The molecule has 0 amide bonds. The van der Waals surface area contributed by atoms with Crippen LogP contribution < -0.4 is 14.8 Å². The molecule has 1 heterocycles. The van der Waals surface area contributed by atoms with Crippen LogP contribution in [0.15, 0.2) is 121 Å². The highest BCUT2D eigenvalue weighted by Crippen LogP contribution is 2.49. The lowest BCUT2D eigenvalue weighted by atomic mass is 9.72. The van der Waals surface area contributed by atoms with Crippen molar-refractivity contribution in [2.75, 3.05) is 12.4 Å². The number of hydrogen-bond acceptors (Lipinski definition) is 6. The van der Waals surface area contributed by atoms with Crippen molar-refractivity contribution in [3.8, 4) is 45.4 Å². The molecule has 6 aromatic carbocycles. The van der Waals surface area contributed by atoms with Gasteiger partial charge < -0.3 is 19.9 Å². The van der Waals surface area contributed by atoms with E-state index in [1.807, 2.05) is 103 Å². The third kappa shape index (κ3) is 6.35. The Kier molecular flexibility index (Phi) is 8.22. The van der Waals surface area contributed by atoms with Gasteiger partial charge >= 0.3 is 0 Å². The molecule has 0 saturated heterocycles. The summed E-state index contributed by atoms with van der Waals surface area (Å²) in [6.07, 6.45) is 1.03. The van der Waals surface area contributed by atoms with Crippen LogP contribution in [-0.4, -0.2) is 23.0 Å². The van der Waals surface area contributed by atoms with Crippen LogP contribution in [0.4, 0.5) is 11.4 Å². The third-order valence-electron chi connectivity index (χ3n) is 10.1. The van der Waals surface area contributed by atoms with Gasteiger partial charge in [0.1, 0.15) is 22.8 Å². The second-order valence-electron chi connectivity index (χ2n) is 15.8. The molecule has 2 N–H and O–H groups in total. The van der Waals surface area contributed by atoms with Crippen LogP contribution in [0.1, 0.15) is 62.5 Å². The standard InChI is InChI=1S/C47H42N2O4/c1-46(2,3)27-47(4,5)30-15-19-33(20-16-30)53-41-26-39(48-31-17-21-32(52-6)22-18-31)43-42-36(34-13-9-10-14-35(34)45(43)51)25-38(49-44(41)42)37-23-28-11-7-8-12-29(28)24-40(37)50/h7-26,48,50H,27H2,1-6H3. The SMILES string of the molecule is COc1ccc(Nc2cc(Oc3ccc(C(C)(C)CC(C)(C)C)cc3)c3nc(-c4cc5ccccc5cc4O)cc4c3c2C(=O)c2ccccc2-4)cc1. The number of nitrogens with one attached hydrogen (secondary N) is 1. The second-order valence-corrected chi connectivity index (χ2v) is 15.8. The largest absolute Gasteiger partial charge is 0.507 e. The maximum Gasteiger partial charge on any atom is 0.196 e. The summed E-state index contributed by atoms with van der Waals surface area (Å²) in [4.78, 5) is 19.7. The molecule has 6 nitrogen and oxygen atoms in total. The number of rotatable bonds is 8. The lowest BCUT2D eigenvalue weighted by Crippen LogP contribution is -2.24. The summed E-state index contributed by atoms with van der Waals surface area (Å²) in [5, 5.41) is 17.5. The average Bonchev–Trinajstić information content (AvgIpc) is 3.13. The first-order valence-corrected chi connectivity index (χ1v) is 18.0. The Morgan fingerprint density at radius 2 is 1.34 bits per heavy atom. The van der Waals surface area contributed by atoms with Gasteiger partial charge in [-0.1, -0.05) is 95.3 Å². The quantitative estimate of drug-likeness (QED) is 0.164. The van der Waals surface area contributed by atoms with E-state index in [2.05, 4.69) is 52.1 Å². The molecular weight excluding hydrogens is 657 g/mol. The van der Waals surface area contributed by atoms with E-state index in [1.54, 1.807) is 13.2 Å². The fourth-order valence-corrected chi connectivity index (χ4v) is 7.99. The smallest absolute Gasteiger partial charge is 0.196 e. The number of anilines is 2. The Bertz CT molecular complexity index is 2550. The highest BCUT2D eigenvalue weighted by atomic mass is 16.5. The van der Waals surface area contributed by atoms with E-state index >= 15 is 0 Å². The molecule has 0 saturated carbocycles. The number of ketones is 1. The number of aromatic nitrogens is 1. The molecule has 1 aliphatic carbocycles. The highest BCUT2D eigenvalue weighted by molar-refractivity contribution is 6.29. The van der Waals surface area contributed by atoms with E-state index in [0.29, 0.717) is 50.5 Å². The number of aromatic hydroxyl groups is 1. The molecule has 0 fully saturated rings. The number of methoxy groups -OCH3 is 1. The normalized spacial score (nSPS) is 12.5. The van der Waals surface area contributed by atoms with Gasteiger partial charge in [-0.2, -0.15) is 0 Å². The molecular formula is C47H42N2O4. The molecule has 8 rings (SSSR count). The Morgan fingerprint density at radius 3 is 2.02 bits per heavy atom. The average molecular weight is 699 g/mol. The van der Waals surface area contributed by atoms with E-state index in [1.165, 1.54) is 5.56 Å². The van der Waals surface area contributed by atoms with Gasteiger partial charge in [0.05, 0.1) is 24.1 Å². The maximum absolute atomic E-state index is 14.5. The summed E-state index contributed by atoms with van der Waals surface area (Å²) < 4.78 is 12.2. The monoisotopic (exact) mass is 698 g/mol. The number of carbonyl (C=O) groups excluding carboxylic acids is 1. The fraction of sp³-hybridized carbons (Fsp3) is 0.191. The zero-order valence-electron chi connectivity index (χ0n) is 30.9. The molecule has 0 atom stereocenters. The van der Waals surface area contributed by atoms with Crippen molar-refractivity contribution in [2.45, 2.75) is 46.5 Å². The Labute approximate surface area is 310 Å². The number of benzene rings is 6. The van der Waals surface area contributed by atoms with Crippen molar-refractivity contribution in [1.29, 1.82) is 0 Å². The lowest BCUT2D eigenvalue weighted by molar-refractivity contribution is 0.104. The number of hydrogen-bond donors (Lipinski definition) is 2. The molecule has 0 spiro atoms. The predicted molar refractivity (Wildman–Crippen MR) is 215 cm³/mol. The second kappa shape index (κ2) is 12.8. The van der Waals surface area contributed by atoms with Crippen LogP contribution in [0.2, 0.25) is 0 Å². The molecule has 0 unspecified atom stereocenters. The summed E-state index contributed by atoms with van der Waals surface area (Å²) in [6, 6.07) is 39.0. The molecule has 264 valence electrons. The topological polar surface area (TPSA) is 80.7 Å². The first-order valence-electron chi connectivity index (χ1n) is 18.0. The van der Waals surface area contributed by atoms with Gasteiger partial charge in [-0.25, -0.2) is 4.98 Å². The van der Waals surface area contributed by atoms with Crippen LogP contribution in [0.5, 0.6) is 23.0 Å². The molecule has 0 aliphatic heterocycles. The number of ether oxygens (including phenoxy) is 2. The zero-order valence-corrected chi connectivity index (χ0v) is 30.9. The molecule has 0 bridgehead atoms. The zero-order chi connectivity index (χ0) is 37.1. The van der Waals surface area contributed by atoms with Gasteiger partial charge in [0.2, 0.25) is 0 Å². The van der Waals surface area contributed by atoms with Crippen LogP contribution >= 0.6 is 0 Å². The van der Waals surface area contributed by atoms with Crippen molar-refractivity contribution >= 4 is 38.8 Å². The molecule has 1 aliphatic rings. The van der Waals surface area contributed by atoms with Gasteiger partial charge in [-0.05, 0) is 99.3 Å². The van der Waals surface area contributed by atoms with Crippen LogP contribution in [0.3, 0.4) is 0 Å². The fourth-order valence-electron chi connectivity index (χ4n) is 7.99.